The summed E-state index contributed by atoms with van der Waals surface area (Å²) < 4.78 is 24.3. The van der Waals surface area contributed by atoms with Crippen LogP contribution >= 0.6 is 0 Å². The van der Waals surface area contributed by atoms with Crippen LogP contribution in [0, 0.1) is 5.82 Å². The zero-order valence-electron chi connectivity index (χ0n) is 22.3. The molecule has 1 heterocycles. The number of halogens is 1. The fourth-order valence-corrected chi connectivity index (χ4v) is 4.27. The number of rotatable bonds is 15. The third kappa shape index (κ3) is 8.52. The molecular formula is C30H37FN2O5. The van der Waals surface area contributed by atoms with Crippen molar-refractivity contribution in [1.29, 1.82) is 0 Å². The average molecular weight is 525 g/mol. The second kappa shape index (κ2) is 15.0. The molecule has 0 N–H and O–H groups in total. The molecule has 0 aliphatic heterocycles. The number of benzene rings is 2. The van der Waals surface area contributed by atoms with E-state index in [4.69, 9.17) is 9.15 Å². The van der Waals surface area contributed by atoms with E-state index >= 15 is 0 Å². The van der Waals surface area contributed by atoms with Crippen molar-refractivity contribution in [2.75, 3.05) is 26.8 Å². The summed E-state index contributed by atoms with van der Waals surface area (Å²) in [7, 11) is 1.55. The first-order valence-electron chi connectivity index (χ1n) is 13.2. The Hall–Kier alpha value is -3.52. The van der Waals surface area contributed by atoms with Crippen molar-refractivity contribution >= 4 is 22.8 Å². The summed E-state index contributed by atoms with van der Waals surface area (Å²) in [6.45, 7) is 2.74. The molecule has 0 spiro atoms. The van der Waals surface area contributed by atoms with Gasteiger partial charge in [0.05, 0.1) is 36.9 Å². The minimum Gasteiger partial charge on any atom is -0.464 e. The minimum absolute atomic E-state index is 0.00724. The molecule has 38 heavy (non-hydrogen) atoms. The number of fused-ring (bicyclic) bond motifs is 1. The summed E-state index contributed by atoms with van der Waals surface area (Å²) in [5, 5.41) is 0.430. The number of hydrogen-bond donors (Lipinski definition) is 0. The van der Waals surface area contributed by atoms with Gasteiger partial charge >= 0.3 is 0 Å². The van der Waals surface area contributed by atoms with Crippen LogP contribution in [0.3, 0.4) is 0 Å². The zero-order chi connectivity index (χ0) is 27.3. The number of unbranched alkanes of at least 4 members (excludes halogenated alkanes) is 4. The van der Waals surface area contributed by atoms with Gasteiger partial charge < -0.3 is 19.0 Å². The molecule has 8 heteroatoms. The average Bonchev–Trinajstić information content (AvgIpc) is 2.93. The van der Waals surface area contributed by atoms with E-state index in [1.165, 1.54) is 28.2 Å². The van der Waals surface area contributed by atoms with E-state index in [1.807, 2.05) is 0 Å². The molecule has 0 unspecified atom stereocenters. The molecule has 7 nitrogen and oxygen atoms in total. The Labute approximate surface area is 223 Å². The molecule has 1 aromatic heterocycles. The number of methoxy groups -OCH3 is 1. The molecule has 204 valence electrons. The van der Waals surface area contributed by atoms with Crippen LogP contribution in [-0.2, 0) is 27.4 Å². The van der Waals surface area contributed by atoms with Crippen LogP contribution in [0.25, 0.3) is 11.0 Å². The van der Waals surface area contributed by atoms with Gasteiger partial charge in [-0.25, -0.2) is 4.39 Å². The van der Waals surface area contributed by atoms with Crippen molar-refractivity contribution < 1.29 is 23.1 Å². The molecule has 3 rings (SSSR count). The van der Waals surface area contributed by atoms with Gasteiger partial charge in [0.15, 0.2) is 5.43 Å². The molecule has 0 saturated carbocycles. The third-order valence-electron chi connectivity index (χ3n) is 6.49. The summed E-state index contributed by atoms with van der Waals surface area (Å²) >= 11 is 0. The van der Waals surface area contributed by atoms with E-state index < -0.39 is 0 Å². The number of amides is 2. The zero-order valence-corrected chi connectivity index (χ0v) is 22.3. The van der Waals surface area contributed by atoms with Gasteiger partial charge in [-0.2, -0.15) is 0 Å². The maximum absolute atomic E-state index is 13.6. The molecule has 0 saturated heterocycles. The second-order valence-electron chi connectivity index (χ2n) is 9.43. The number of carbonyl (C=O) groups excluding carboxylic acids is 2. The Bertz CT molecular complexity index is 1240. The summed E-state index contributed by atoms with van der Waals surface area (Å²) in [6.07, 6.45) is 6.84. The summed E-state index contributed by atoms with van der Waals surface area (Å²) in [4.78, 5) is 42.7. The first kappa shape index (κ1) is 29.0. The van der Waals surface area contributed by atoms with Crippen LogP contribution in [0.4, 0.5) is 4.39 Å². The molecule has 3 aromatic rings. The molecule has 0 atom stereocenters. The van der Waals surface area contributed by atoms with Crippen molar-refractivity contribution in [3.05, 3.63) is 82.0 Å². The van der Waals surface area contributed by atoms with Gasteiger partial charge in [-0.05, 0) is 36.2 Å². The number of nitrogens with zero attached hydrogens (tertiary/aromatic N) is 2. The quantitative estimate of drug-likeness (QED) is 0.252. The van der Waals surface area contributed by atoms with Gasteiger partial charge in [0.1, 0.15) is 11.4 Å². The van der Waals surface area contributed by atoms with Crippen LogP contribution in [-0.4, -0.2) is 48.4 Å². The highest BCUT2D eigenvalue weighted by Crippen LogP contribution is 2.15. The molecule has 0 fully saturated rings. The standard InChI is InChI=1S/C30H37FN2O5/c1-3-4-5-6-7-12-28(34)32(17-18-37-2)21-29(35)33(19-23-13-15-25(31)16-14-23)20-24-22-38-27-11-9-8-10-26(27)30(24)36/h8-11,13-16,22H,3-7,12,17-21H2,1-2H3. The summed E-state index contributed by atoms with van der Waals surface area (Å²) in [5.74, 6) is -0.798. The van der Waals surface area contributed by atoms with Crippen LogP contribution in [0.5, 0.6) is 0 Å². The topological polar surface area (TPSA) is 80.1 Å². The van der Waals surface area contributed by atoms with Gasteiger partial charge in [-0.15, -0.1) is 0 Å². The molecule has 0 aliphatic carbocycles. The fraction of sp³-hybridized carbons (Fsp3) is 0.433. The second-order valence-corrected chi connectivity index (χ2v) is 9.43. The van der Waals surface area contributed by atoms with Crippen molar-refractivity contribution in [2.45, 2.75) is 58.5 Å². The predicted octanol–water partition coefficient (Wildman–Crippen LogP) is 5.30. The lowest BCUT2D eigenvalue weighted by atomic mass is 10.1. The predicted molar refractivity (Wildman–Crippen MR) is 145 cm³/mol. The first-order chi connectivity index (χ1) is 18.4. The highest BCUT2D eigenvalue weighted by atomic mass is 19.1. The van der Waals surface area contributed by atoms with E-state index in [9.17, 15) is 18.8 Å². The Balaban J connectivity index is 1.80. The lowest BCUT2D eigenvalue weighted by Crippen LogP contribution is -2.44. The van der Waals surface area contributed by atoms with Gasteiger partial charge in [0, 0.05) is 26.6 Å². The van der Waals surface area contributed by atoms with E-state index in [2.05, 4.69) is 6.92 Å². The Morgan fingerprint density at radius 3 is 2.39 bits per heavy atom. The van der Waals surface area contributed by atoms with Crippen LogP contribution in [0.15, 0.2) is 64.0 Å². The Morgan fingerprint density at radius 2 is 1.66 bits per heavy atom. The lowest BCUT2D eigenvalue weighted by molar-refractivity contribution is -0.141. The molecule has 2 amide bonds. The third-order valence-corrected chi connectivity index (χ3v) is 6.49. The van der Waals surface area contributed by atoms with Crippen molar-refractivity contribution in [3.63, 3.8) is 0 Å². The van der Waals surface area contributed by atoms with Crippen LogP contribution < -0.4 is 5.43 Å². The van der Waals surface area contributed by atoms with E-state index in [0.29, 0.717) is 41.7 Å². The normalized spacial score (nSPS) is 11.0. The minimum atomic E-state index is -0.378. The molecule has 0 aliphatic rings. The van der Waals surface area contributed by atoms with Crippen molar-refractivity contribution in [1.82, 2.24) is 9.80 Å². The highest BCUT2D eigenvalue weighted by molar-refractivity contribution is 5.85. The summed E-state index contributed by atoms with van der Waals surface area (Å²) in [6, 6.07) is 12.8. The maximum atomic E-state index is 13.6. The first-order valence-corrected chi connectivity index (χ1v) is 13.2. The molecule has 0 radical (unpaired) electrons. The van der Waals surface area contributed by atoms with Gasteiger partial charge in [0.2, 0.25) is 11.8 Å². The molecule has 0 bridgehead atoms. The van der Waals surface area contributed by atoms with Crippen LogP contribution in [0.1, 0.15) is 56.6 Å². The van der Waals surface area contributed by atoms with Gasteiger partial charge in [-0.1, -0.05) is 56.9 Å². The SMILES string of the molecule is CCCCCCCC(=O)N(CCOC)CC(=O)N(Cc1ccc(F)cc1)Cc1coc2ccccc2c1=O. The molecule has 2 aromatic carbocycles. The number of hydrogen-bond acceptors (Lipinski definition) is 5. The van der Waals surface area contributed by atoms with Crippen molar-refractivity contribution in [3.8, 4) is 0 Å². The van der Waals surface area contributed by atoms with Crippen molar-refractivity contribution in [2.24, 2.45) is 0 Å². The van der Waals surface area contributed by atoms with E-state index in [1.54, 1.807) is 43.5 Å². The van der Waals surface area contributed by atoms with Crippen LogP contribution in [0.2, 0.25) is 0 Å². The van der Waals surface area contributed by atoms with E-state index in [0.717, 1.165) is 32.1 Å². The Morgan fingerprint density at radius 1 is 0.921 bits per heavy atom. The van der Waals surface area contributed by atoms with E-state index in [-0.39, 0.29) is 42.7 Å². The lowest BCUT2D eigenvalue weighted by Gasteiger charge is -2.28. The number of carbonyl (C=O) groups is 2. The smallest absolute Gasteiger partial charge is 0.242 e. The number of para-hydroxylation sites is 1. The van der Waals surface area contributed by atoms with Gasteiger partial charge in [0.25, 0.3) is 0 Å². The maximum Gasteiger partial charge on any atom is 0.242 e. The fourth-order valence-electron chi connectivity index (χ4n) is 4.27. The largest absolute Gasteiger partial charge is 0.464 e. The monoisotopic (exact) mass is 524 g/mol. The molecular weight excluding hydrogens is 487 g/mol. The summed E-state index contributed by atoms with van der Waals surface area (Å²) in [5.41, 5.74) is 1.27. The number of ether oxygens (including phenoxy) is 1. The Kier molecular flexibility index (Phi) is 11.5. The van der Waals surface area contributed by atoms with Gasteiger partial charge in [-0.3, -0.25) is 14.4 Å². The highest BCUT2D eigenvalue weighted by Gasteiger charge is 2.23.